The minimum atomic E-state index is -0.445. The van der Waals surface area contributed by atoms with Crippen molar-refractivity contribution >= 4 is 7.26 Å². The summed E-state index contributed by atoms with van der Waals surface area (Å²) in [6.45, 7) is 9.52. The van der Waals surface area contributed by atoms with Gasteiger partial charge in [0.05, 0.1) is 6.16 Å². The van der Waals surface area contributed by atoms with Crippen LogP contribution in [-0.4, -0.2) is 26.2 Å². The third kappa shape index (κ3) is 11.5. The molecule has 0 aliphatic heterocycles. The Morgan fingerprint density at radius 2 is 1.50 bits per heavy atom. The molecule has 0 nitrogen and oxygen atoms in total. The summed E-state index contributed by atoms with van der Waals surface area (Å²) in [5, 5.41) is 0. The lowest BCUT2D eigenvalue weighted by Crippen LogP contribution is -3.00. The SMILES string of the molecule is CCCCC[P+](C)(C)C.[Cl-]. The zero-order chi connectivity index (χ0) is 7.33. The van der Waals surface area contributed by atoms with Crippen LogP contribution in [0.4, 0.5) is 0 Å². The van der Waals surface area contributed by atoms with Gasteiger partial charge in [-0.15, -0.1) is 0 Å². The fraction of sp³-hybridized carbons (Fsp3) is 1.00. The van der Waals surface area contributed by atoms with Crippen LogP contribution in [0.25, 0.3) is 0 Å². The van der Waals surface area contributed by atoms with E-state index < -0.39 is 7.26 Å². The van der Waals surface area contributed by atoms with Gasteiger partial charge in [-0.3, -0.25) is 0 Å². The van der Waals surface area contributed by atoms with E-state index in [0.717, 1.165) is 0 Å². The second kappa shape index (κ2) is 6.43. The molecular formula is C8H20ClP. The van der Waals surface area contributed by atoms with Crippen LogP contribution in [0.3, 0.4) is 0 Å². The average Bonchev–Trinajstić information content (AvgIpc) is 1.63. The summed E-state index contributed by atoms with van der Waals surface area (Å²) >= 11 is 0. The van der Waals surface area contributed by atoms with Crippen LogP contribution in [0.15, 0.2) is 0 Å². The van der Waals surface area contributed by atoms with Gasteiger partial charge in [-0.1, -0.05) is 19.8 Å². The highest BCUT2D eigenvalue weighted by atomic mass is 35.5. The van der Waals surface area contributed by atoms with Crippen molar-refractivity contribution < 1.29 is 12.4 Å². The summed E-state index contributed by atoms with van der Waals surface area (Å²) in [6, 6.07) is 0. The fourth-order valence-electron chi connectivity index (χ4n) is 0.836. The first kappa shape index (κ1) is 13.3. The third-order valence-corrected chi connectivity index (χ3v) is 3.09. The Bertz CT molecular complexity index is 66.1. The first-order valence-electron chi connectivity index (χ1n) is 3.86. The van der Waals surface area contributed by atoms with Crippen molar-refractivity contribution in [1.29, 1.82) is 0 Å². The van der Waals surface area contributed by atoms with Crippen molar-refractivity contribution in [2.45, 2.75) is 26.2 Å². The minimum Gasteiger partial charge on any atom is -1.00 e. The van der Waals surface area contributed by atoms with E-state index in [4.69, 9.17) is 0 Å². The lowest BCUT2D eigenvalue weighted by Gasteiger charge is -2.10. The van der Waals surface area contributed by atoms with Gasteiger partial charge in [-0.2, -0.15) is 0 Å². The second-order valence-electron chi connectivity index (χ2n) is 3.72. The van der Waals surface area contributed by atoms with E-state index >= 15 is 0 Å². The van der Waals surface area contributed by atoms with E-state index in [-0.39, 0.29) is 12.4 Å². The highest BCUT2D eigenvalue weighted by molar-refractivity contribution is 7.73. The Morgan fingerprint density at radius 3 is 1.80 bits per heavy atom. The molecule has 0 atom stereocenters. The third-order valence-electron chi connectivity index (χ3n) is 1.43. The monoisotopic (exact) mass is 182 g/mol. The minimum absolute atomic E-state index is 0. The van der Waals surface area contributed by atoms with Crippen molar-refractivity contribution in [1.82, 2.24) is 0 Å². The van der Waals surface area contributed by atoms with Gasteiger partial charge in [0.2, 0.25) is 0 Å². The van der Waals surface area contributed by atoms with Gasteiger partial charge >= 0.3 is 0 Å². The van der Waals surface area contributed by atoms with Crippen LogP contribution in [0.1, 0.15) is 26.2 Å². The molecule has 0 heterocycles. The summed E-state index contributed by atoms with van der Waals surface area (Å²) < 4.78 is 0. The van der Waals surface area contributed by atoms with Gasteiger partial charge < -0.3 is 12.4 Å². The van der Waals surface area contributed by atoms with Crippen LogP contribution in [-0.2, 0) is 0 Å². The molecule has 0 bridgehead atoms. The quantitative estimate of drug-likeness (QED) is 0.427. The summed E-state index contributed by atoms with van der Waals surface area (Å²) in [6.07, 6.45) is 5.73. The topological polar surface area (TPSA) is 0 Å². The van der Waals surface area contributed by atoms with Crippen LogP contribution in [0.5, 0.6) is 0 Å². The first-order chi connectivity index (χ1) is 4.06. The maximum Gasteiger partial charge on any atom is 0.0586 e. The van der Waals surface area contributed by atoms with Gasteiger partial charge in [0, 0.05) is 27.3 Å². The lowest BCUT2D eigenvalue weighted by atomic mass is 10.3. The normalized spacial score (nSPS) is 10.8. The lowest BCUT2D eigenvalue weighted by molar-refractivity contribution is -0.00000235. The van der Waals surface area contributed by atoms with E-state index in [0.29, 0.717) is 0 Å². The molecule has 0 unspecified atom stereocenters. The van der Waals surface area contributed by atoms with Gasteiger partial charge in [-0.05, 0) is 6.42 Å². The molecule has 2 heteroatoms. The van der Waals surface area contributed by atoms with Crippen LogP contribution in [0.2, 0.25) is 0 Å². The van der Waals surface area contributed by atoms with Crippen molar-refractivity contribution in [3.63, 3.8) is 0 Å². The molecule has 0 aliphatic carbocycles. The predicted octanol–water partition coefficient (Wildman–Crippen LogP) is 0.0876. The van der Waals surface area contributed by atoms with Crippen LogP contribution >= 0.6 is 7.26 Å². The number of hydrogen-bond donors (Lipinski definition) is 0. The van der Waals surface area contributed by atoms with E-state index in [2.05, 4.69) is 26.9 Å². The Labute approximate surface area is 72.5 Å². The molecule has 0 aliphatic rings. The van der Waals surface area contributed by atoms with E-state index in [9.17, 15) is 0 Å². The van der Waals surface area contributed by atoms with Crippen molar-refractivity contribution in [2.75, 3.05) is 26.2 Å². The van der Waals surface area contributed by atoms with Crippen LogP contribution < -0.4 is 12.4 Å². The van der Waals surface area contributed by atoms with Crippen molar-refractivity contribution in [2.24, 2.45) is 0 Å². The Balaban J connectivity index is 0. The van der Waals surface area contributed by atoms with Gasteiger partial charge in [-0.25, -0.2) is 0 Å². The highest BCUT2D eigenvalue weighted by Crippen LogP contribution is 2.47. The number of halogens is 1. The summed E-state index contributed by atoms with van der Waals surface area (Å²) in [4.78, 5) is 0. The Hall–Kier alpha value is 0.720. The molecule has 0 saturated heterocycles. The van der Waals surface area contributed by atoms with Gasteiger partial charge in [0.25, 0.3) is 0 Å². The molecule has 0 fully saturated rings. The summed E-state index contributed by atoms with van der Waals surface area (Å²) in [5.41, 5.74) is 0. The molecule has 64 valence electrons. The molecule has 0 aromatic heterocycles. The maximum absolute atomic E-state index is 2.42. The summed E-state index contributed by atoms with van der Waals surface area (Å²) in [5.74, 6) is 0. The molecule has 0 radical (unpaired) electrons. The molecule has 0 amide bonds. The Kier molecular flexibility index (Phi) is 8.57. The molecule has 0 aromatic rings. The molecule has 0 N–H and O–H groups in total. The zero-order valence-electron chi connectivity index (χ0n) is 7.65. The van der Waals surface area contributed by atoms with E-state index in [1.807, 2.05) is 0 Å². The van der Waals surface area contributed by atoms with E-state index in [1.165, 1.54) is 25.4 Å². The van der Waals surface area contributed by atoms with E-state index in [1.54, 1.807) is 0 Å². The molecule has 0 aromatic carbocycles. The number of rotatable bonds is 4. The first-order valence-corrected chi connectivity index (χ1v) is 7.18. The number of hydrogen-bond acceptors (Lipinski definition) is 0. The smallest absolute Gasteiger partial charge is 0.0586 e. The Morgan fingerprint density at radius 1 is 1.00 bits per heavy atom. The highest BCUT2D eigenvalue weighted by Gasteiger charge is 2.14. The second-order valence-corrected chi connectivity index (χ2v) is 8.75. The molecular weight excluding hydrogens is 163 g/mol. The average molecular weight is 183 g/mol. The number of unbranched alkanes of at least 4 members (excludes halogenated alkanes) is 2. The molecule has 10 heavy (non-hydrogen) atoms. The zero-order valence-corrected chi connectivity index (χ0v) is 9.30. The standard InChI is InChI=1S/C8H20P.ClH/c1-5-6-7-8-9(2,3)4;/h5-8H2,1-4H3;1H/q+1;/p-1. The molecule has 0 rings (SSSR count). The van der Waals surface area contributed by atoms with Gasteiger partial charge in [0.15, 0.2) is 0 Å². The summed E-state index contributed by atoms with van der Waals surface area (Å²) in [7, 11) is -0.445. The molecule has 0 spiro atoms. The van der Waals surface area contributed by atoms with Crippen LogP contribution in [0, 0.1) is 0 Å². The van der Waals surface area contributed by atoms with Gasteiger partial charge in [0.1, 0.15) is 0 Å². The largest absolute Gasteiger partial charge is 1.00 e. The van der Waals surface area contributed by atoms with Crippen molar-refractivity contribution in [3.05, 3.63) is 0 Å². The van der Waals surface area contributed by atoms with Crippen molar-refractivity contribution in [3.8, 4) is 0 Å². The fourth-order valence-corrected chi connectivity index (χ4v) is 2.01. The maximum atomic E-state index is 2.42. The molecule has 0 saturated carbocycles. The predicted molar refractivity (Wildman–Crippen MR) is 49.1 cm³/mol.